The van der Waals surface area contributed by atoms with Crippen LogP contribution in [0.4, 0.5) is 59.3 Å². The first-order valence-corrected chi connectivity index (χ1v) is 38.6. The molecule has 13 heterocycles. The number of pyridine rings is 12. The molecule has 0 unspecified atom stereocenters. The molecule has 16 rings (SSSR count). The van der Waals surface area contributed by atoms with Gasteiger partial charge >= 0.3 is 23.9 Å². The Bertz CT molecular complexity index is 6180. The number of carboxylic acids is 2. The fourth-order valence-corrected chi connectivity index (χ4v) is 10.7. The van der Waals surface area contributed by atoms with E-state index < -0.39 is 47.6 Å². The third kappa shape index (κ3) is 42.2. The van der Waals surface area contributed by atoms with E-state index in [2.05, 4.69) is 173 Å². The number of aliphatic hydroxyl groups is 2. The van der Waals surface area contributed by atoms with E-state index in [4.69, 9.17) is 32.3 Å². The minimum Gasteiger partial charge on any atom is -0.512 e. The number of hydrogen-bond acceptors (Lipinski definition) is 22. The van der Waals surface area contributed by atoms with Crippen LogP contribution in [0.25, 0.3) is 72.3 Å². The van der Waals surface area contributed by atoms with E-state index in [1.165, 1.54) is 107 Å². The first kappa shape index (κ1) is 122. The molecule has 718 valence electrons. The Balaban J connectivity index is 0.000000769. The summed E-state index contributed by atoms with van der Waals surface area (Å²) in [7, 11) is 5.91. The van der Waals surface area contributed by atoms with Gasteiger partial charge in [0, 0.05) is 207 Å². The molecule has 3 aromatic carbocycles. The van der Waals surface area contributed by atoms with Gasteiger partial charge in [-0.15, -0.1) is 64.3 Å². The largest absolute Gasteiger partial charge is 0.512 e. The molecular weight excluding hydrogens is 2840 g/mol. The van der Waals surface area contributed by atoms with Crippen LogP contribution >= 0.6 is 0 Å². The van der Waals surface area contributed by atoms with Crippen molar-refractivity contribution in [2.45, 2.75) is 47.7 Å². The van der Waals surface area contributed by atoms with Gasteiger partial charge in [-0.3, -0.25) is 19.6 Å². The number of alkyl halides is 3. The summed E-state index contributed by atoms with van der Waals surface area (Å²) < 4.78 is 88.6. The Morgan fingerprint density at radius 1 is 0.482 bits per heavy atom. The summed E-state index contributed by atoms with van der Waals surface area (Å²) in [6.07, 6.45) is 12.4. The van der Waals surface area contributed by atoms with Crippen molar-refractivity contribution in [2.24, 2.45) is 0 Å². The molecule has 38 heteroatoms. The van der Waals surface area contributed by atoms with Gasteiger partial charge in [-0.1, -0.05) is 158 Å². The number of aliphatic hydroxyl groups excluding tert-OH is 2. The fourth-order valence-electron chi connectivity index (χ4n) is 10.7. The maximum atomic E-state index is 13.1. The molecule has 0 fully saturated rings. The third-order valence-corrected chi connectivity index (χ3v) is 16.4. The van der Waals surface area contributed by atoms with E-state index in [0.717, 1.165) is 52.0 Å². The number of fused-ring (bicyclic) bond motifs is 1. The number of nitrogens with zero attached hydrogens (tertiary/aromatic N) is 17. The van der Waals surface area contributed by atoms with Crippen LogP contribution in [0.15, 0.2) is 298 Å². The Labute approximate surface area is 867 Å². The van der Waals surface area contributed by atoms with Crippen LogP contribution in [-0.2, 0) is 136 Å². The van der Waals surface area contributed by atoms with Crippen LogP contribution in [0.5, 0.6) is 0 Å². The predicted octanol–water partition coefficient (Wildman–Crippen LogP) is 20.9. The van der Waals surface area contributed by atoms with Crippen molar-refractivity contribution in [3.8, 4) is 73.5 Å². The first-order valence-electron chi connectivity index (χ1n) is 38.6. The average molecular weight is 2920 g/mol. The monoisotopic (exact) mass is 2920 g/mol. The van der Waals surface area contributed by atoms with Crippen LogP contribution in [0, 0.1) is 98.6 Å². The van der Waals surface area contributed by atoms with E-state index in [1.54, 1.807) is 97.6 Å². The summed E-state index contributed by atoms with van der Waals surface area (Å²) in [5, 5.41) is 42.1. The molecule has 12 aromatic heterocycles. The van der Waals surface area contributed by atoms with Crippen molar-refractivity contribution >= 4 is 52.1 Å². The number of halogens is 7. The molecule has 0 saturated heterocycles. The minimum absolute atomic E-state index is 0. The van der Waals surface area contributed by atoms with E-state index in [1.807, 2.05) is 98.8 Å². The van der Waals surface area contributed by atoms with E-state index in [0.29, 0.717) is 33.9 Å². The summed E-state index contributed by atoms with van der Waals surface area (Å²) in [6.45, 7) is 18.3. The molecule has 15 aromatic rings. The smallest absolute Gasteiger partial charge is 0.397 e. The molecule has 25 nitrogen and oxygen atoms in total. The number of para-hydroxylation sites is 3. The number of nitriles is 1. The standard InChI is InChI=1S/C16H11N2.C14H10N5.C14H12N2.C13H10F3N2.2C10H5F2N2.2C6H5NO2.2C5H8O2.6Ir/c1-2-5-13(6-3-1)14-8-10-18-16(11-14)15-7-4-9-17-12-15;1-16-14-12(5-4-10(9-15)18-14)13-8-11(19(2)3)6-7-17-13;1-15-11-16(12-7-3-2-4-8-12)14-10-6-5-9-13(14)15;1-8-5-6-17-11(7-8)10-3-4-12(13(14,15)16)18-9(10)2;2*11-9-5-4-7(10(12)14-9)8-3-1-2-6-13-8;2*8-6(9)5-3-1-2-4-7-5;2*1-4(6)3-5(2)7;;;;;;/h1-6,8-12H;4,6-8H,2-3H3;2-7,9-11H,1H3;4-7H,1-2H3;2*1-3,5-6H;2*1-4H,(H,8,9);2*3,6H,1-2H3;;;;;;/q2*-1;-2;3*-1;;;;;;;;;;. The Kier molecular flexibility index (Phi) is 56.6. The van der Waals surface area contributed by atoms with Crippen molar-refractivity contribution in [2.75, 3.05) is 35.8 Å². The molecule has 0 spiro atoms. The summed E-state index contributed by atoms with van der Waals surface area (Å²) >= 11 is 0. The zero-order valence-corrected chi connectivity index (χ0v) is 87.8. The molecule has 0 saturated carbocycles. The number of hydrogen-bond donors (Lipinski definition) is 4. The van der Waals surface area contributed by atoms with Gasteiger partial charge in [0.15, 0.2) is 17.3 Å². The normalized spacial score (nSPS) is 10.2. The van der Waals surface area contributed by atoms with Crippen LogP contribution in [0.1, 0.15) is 71.3 Å². The number of anilines is 4. The number of allylic oxidation sites excluding steroid dienone is 4. The molecular formula is C99H79F7Ir6N17O8-7. The van der Waals surface area contributed by atoms with Crippen molar-refractivity contribution in [1.29, 1.82) is 5.26 Å². The van der Waals surface area contributed by atoms with Crippen LogP contribution < -0.4 is 14.7 Å². The van der Waals surface area contributed by atoms with E-state index in [-0.39, 0.29) is 183 Å². The zero-order chi connectivity index (χ0) is 95.4. The van der Waals surface area contributed by atoms with Crippen molar-refractivity contribution in [1.82, 2.24) is 59.8 Å². The Hall–Kier alpha value is -13.4. The first-order chi connectivity index (χ1) is 62.7. The van der Waals surface area contributed by atoms with Gasteiger partial charge in [0.25, 0.3) is 0 Å². The molecule has 1 aliphatic heterocycles. The van der Waals surface area contributed by atoms with E-state index >= 15 is 0 Å². The third-order valence-electron chi connectivity index (χ3n) is 16.4. The second-order valence-electron chi connectivity index (χ2n) is 26.8. The Morgan fingerprint density at radius 3 is 1.38 bits per heavy atom. The topological polar surface area (TPSA) is 342 Å². The average Bonchev–Trinajstić information content (AvgIpc) is 1.65. The van der Waals surface area contributed by atoms with Gasteiger partial charge in [0.1, 0.15) is 35.2 Å². The minimum atomic E-state index is -4.44. The van der Waals surface area contributed by atoms with Crippen molar-refractivity contribution in [3.63, 3.8) is 0 Å². The molecule has 4 N–H and O–H groups in total. The second-order valence-corrected chi connectivity index (χ2v) is 26.8. The van der Waals surface area contributed by atoms with Gasteiger partial charge < -0.3 is 74.9 Å². The maximum absolute atomic E-state index is 13.1. The number of rotatable bonds is 12. The SMILES string of the molecule is CC(=O)C=C(C)O.CC(=O)C=C(C)O.CN1[CH-]N(c2[c-]cccc2)c2ccccc21.Cc1ccnc(-c2[c-]cc(C(F)(F)F)nc2C)c1.Fc1c[c-]c(-c2ccccn2)c(F)n1.Fc1c[c-]c(-c2ccccn2)c(F)n1.O=C(O)c1ccccn1.O=C(O)c1ccccn1.[C-]#[N+]c1nc(C#N)c[c-]c1-c1cc(N(C)C)ccn1.[Ir].[Ir].[Ir].[Ir].[Ir].[Ir].[c-]1ccncc1-c1cc(-c2ccccc2)ccn1. The molecule has 137 heavy (non-hydrogen) atoms. The van der Waals surface area contributed by atoms with Gasteiger partial charge in [0.05, 0.1) is 23.3 Å². The summed E-state index contributed by atoms with van der Waals surface area (Å²) in [5.41, 5.74) is 12.4. The maximum Gasteiger partial charge on any atom is 0.397 e. The van der Waals surface area contributed by atoms with Gasteiger partial charge in [-0.05, 0) is 159 Å². The van der Waals surface area contributed by atoms with Crippen molar-refractivity contribution in [3.05, 3.63) is 410 Å². The number of carboxylic acid groups (broad SMARTS) is 2. The number of benzene rings is 3. The molecule has 0 bridgehead atoms. The van der Waals surface area contributed by atoms with Gasteiger partial charge in [-0.25, -0.2) is 37.1 Å². The molecule has 0 amide bonds. The summed E-state index contributed by atoms with van der Waals surface area (Å²) in [4.78, 5) is 95.2. The van der Waals surface area contributed by atoms with Crippen LogP contribution in [0.3, 0.4) is 0 Å². The number of aromatic nitrogens is 12. The van der Waals surface area contributed by atoms with Gasteiger partial charge in [-0.2, -0.15) is 55.4 Å². The van der Waals surface area contributed by atoms with Crippen molar-refractivity contribution < 1.29 is 191 Å². The molecule has 6 radical (unpaired) electrons. The molecule has 0 aliphatic carbocycles. The van der Waals surface area contributed by atoms with Crippen LogP contribution in [0.2, 0.25) is 0 Å². The summed E-state index contributed by atoms with van der Waals surface area (Å²) in [6, 6.07) is 82.3. The number of carbonyl (C=O) groups is 4. The zero-order valence-electron chi connectivity index (χ0n) is 73.4. The Morgan fingerprint density at radius 2 is 0.956 bits per heavy atom. The molecule has 1 aliphatic rings. The number of ketones is 2. The van der Waals surface area contributed by atoms with Crippen LogP contribution in [-0.4, -0.2) is 125 Å². The fraction of sp³-hybridized carbons (Fsp3) is 0.101. The number of aromatic carboxylic acids is 2. The predicted molar refractivity (Wildman–Crippen MR) is 480 cm³/mol. The summed E-state index contributed by atoms with van der Waals surface area (Å²) in [5.74, 6) is -5.54. The second kappa shape index (κ2) is 63.8. The molecule has 0 atom stereocenters. The van der Waals surface area contributed by atoms with E-state index in [9.17, 15) is 49.9 Å². The number of aryl methyl sites for hydroxylation is 2. The number of carbonyl (C=O) groups excluding carboxylic acids is 2. The van der Waals surface area contributed by atoms with Gasteiger partial charge in [0.2, 0.25) is 0 Å². The quantitative estimate of drug-likeness (QED) is 0.0290.